The Balaban J connectivity index is 0.00000264. The summed E-state index contributed by atoms with van der Waals surface area (Å²) >= 11 is 6.01. The van der Waals surface area contributed by atoms with Gasteiger partial charge in [-0.3, -0.25) is 10.1 Å². The van der Waals surface area contributed by atoms with Crippen molar-refractivity contribution in [1.82, 2.24) is 14.7 Å². The van der Waals surface area contributed by atoms with Gasteiger partial charge in [0.2, 0.25) is 5.15 Å². The maximum atomic E-state index is 12.1. The number of hydrogen-bond donors (Lipinski definition) is 0. The van der Waals surface area contributed by atoms with Gasteiger partial charge in [-0.25, -0.2) is 9.48 Å². The Bertz CT molecular complexity index is 587. The zero-order valence-electron chi connectivity index (χ0n) is 13.3. The monoisotopic (exact) mass is 364 g/mol. The molecule has 0 aliphatic carbocycles. The van der Waals surface area contributed by atoms with Crippen molar-refractivity contribution in [2.75, 3.05) is 13.1 Å². The first kappa shape index (κ1) is 19.6. The highest BCUT2D eigenvalue weighted by Crippen LogP contribution is 2.30. The number of piperidine rings is 1. The number of aromatic nitrogens is 2. The van der Waals surface area contributed by atoms with Gasteiger partial charge in [0, 0.05) is 13.1 Å². The second kappa shape index (κ2) is 7.39. The first-order valence-corrected chi connectivity index (χ1v) is 7.42. The lowest BCUT2D eigenvalue weighted by Gasteiger charge is -2.34. The van der Waals surface area contributed by atoms with E-state index in [1.54, 1.807) is 25.7 Å². The molecule has 23 heavy (non-hydrogen) atoms. The van der Waals surface area contributed by atoms with E-state index in [-0.39, 0.29) is 30.4 Å². The van der Waals surface area contributed by atoms with Crippen LogP contribution >= 0.6 is 25.1 Å². The van der Waals surface area contributed by atoms with Crippen LogP contribution < -0.4 is 0 Å². The van der Waals surface area contributed by atoms with Crippen LogP contribution in [0.25, 0.3) is 0 Å². The summed E-state index contributed by atoms with van der Waals surface area (Å²) in [6.07, 6.45) is 2.25. The van der Waals surface area contributed by atoms with Crippen LogP contribution in [0.1, 0.15) is 39.7 Å². The van der Waals surface area contributed by atoms with E-state index in [0.29, 0.717) is 13.1 Å². The van der Waals surface area contributed by atoms with Crippen LogP contribution in [0.4, 0.5) is 10.5 Å². The lowest BCUT2D eigenvalue weighted by atomic mass is 10.1. The number of hydrogen-bond acceptors (Lipinski definition) is 5. The molecule has 0 spiro atoms. The third-order valence-corrected chi connectivity index (χ3v) is 3.67. The standard InChI is InChI=1S/C13H19ClN4O4.H2S/c1-13(2,3)22-12(19)16-6-4-5-9(8-16)17-11(14)10(7-15-17)18(20)21;/h7,9H,4-6,8H2,1-3H3;1H2/t9-;/m0./s1. The van der Waals surface area contributed by atoms with Gasteiger partial charge in [0.15, 0.2) is 0 Å². The lowest BCUT2D eigenvalue weighted by Crippen LogP contribution is -2.43. The third kappa shape index (κ3) is 4.74. The Morgan fingerprint density at radius 3 is 2.70 bits per heavy atom. The Hall–Kier alpha value is -1.48. The number of rotatable bonds is 2. The minimum Gasteiger partial charge on any atom is -0.444 e. The fourth-order valence-corrected chi connectivity index (χ4v) is 2.66. The maximum Gasteiger partial charge on any atom is 0.410 e. The van der Waals surface area contributed by atoms with E-state index in [2.05, 4.69) is 5.10 Å². The largest absolute Gasteiger partial charge is 0.444 e. The van der Waals surface area contributed by atoms with E-state index in [0.717, 1.165) is 19.0 Å². The fourth-order valence-electron chi connectivity index (χ4n) is 2.36. The molecule has 1 saturated heterocycles. The second-order valence-electron chi connectivity index (χ2n) is 6.24. The number of nitrogens with zero attached hydrogens (tertiary/aromatic N) is 4. The first-order valence-electron chi connectivity index (χ1n) is 7.04. The minimum atomic E-state index is -0.569. The molecule has 0 unspecified atom stereocenters. The molecule has 1 fully saturated rings. The van der Waals surface area contributed by atoms with Gasteiger partial charge in [-0.05, 0) is 33.6 Å². The van der Waals surface area contributed by atoms with Crippen LogP contribution in [-0.4, -0.2) is 44.4 Å². The van der Waals surface area contributed by atoms with Crippen molar-refractivity contribution in [1.29, 1.82) is 0 Å². The van der Waals surface area contributed by atoms with Crippen molar-refractivity contribution in [3.63, 3.8) is 0 Å². The fraction of sp³-hybridized carbons (Fsp3) is 0.692. The summed E-state index contributed by atoms with van der Waals surface area (Å²) < 4.78 is 6.76. The summed E-state index contributed by atoms with van der Waals surface area (Å²) in [4.78, 5) is 24.0. The van der Waals surface area contributed by atoms with Gasteiger partial charge in [0.25, 0.3) is 0 Å². The molecule has 1 aromatic rings. The summed E-state index contributed by atoms with van der Waals surface area (Å²) in [7, 11) is 0. The molecule has 0 saturated carbocycles. The summed E-state index contributed by atoms with van der Waals surface area (Å²) in [5.74, 6) is 0. The predicted octanol–water partition coefficient (Wildman–Crippen LogP) is 3.13. The van der Waals surface area contributed by atoms with Crippen LogP contribution in [0.3, 0.4) is 0 Å². The maximum absolute atomic E-state index is 12.1. The molecule has 1 aromatic heterocycles. The molecule has 1 atom stereocenters. The van der Waals surface area contributed by atoms with Gasteiger partial charge in [-0.15, -0.1) is 0 Å². The minimum absolute atomic E-state index is 0. The Kier molecular flexibility index (Phi) is 6.29. The molecular formula is C13H21ClN4O4S. The van der Waals surface area contributed by atoms with Gasteiger partial charge in [-0.1, -0.05) is 11.6 Å². The molecule has 10 heteroatoms. The SMILES string of the molecule is CC(C)(C)OC(=O)N1CCC[C@H](n2ncc([N+](=O)[O-])c2Cl)C1.S. The zero-order valence-corrected chi connectivity index (χ0v) is 15.0. The van der Waals surface area contributed by atoms with Gasteiger partial charge in [0.05, 0.1) is 11.0 Å². The summed E-state index contributed by atoms with van der Waals surface area (Å²) in [5, 5.41) is 14.8. The molecule has 2 heterocycles. The highest BCUT2D eigenvalue weighted by Gasteiger charge is 2.31. The van der Waals surface area contributed by atoms with Gasteiger partial charge in [-0.2, -0.15) is 18.6 Å². The Labute approximate surface area is 146 Å². The van der Waals surface area contributed by atoms with Crippen LogP contribution in [0, 0.1) is 10.1 Å². The molecule has 0 bridgehead atoms. The van der Waals surface area contributed by atoms with E-state index < -0.39 is 16.6 Å². The van der Waals surface area contributed by atoms with E-state index in [4.69, 9.17) is 16.3 Å². The molecule has 2 rings (SSSR count). The molecule has 0 N–H and O–H groups in total. The normalized spacial score (nSPS) is 18.3. The highest BCUT2D eigenvalue weighted by molar-refractivity contribution is 7.59. The summed E-state index contributed by atoms with van der Waals surface area (Å²) in [6.45, 7) is 6.38. The number of ether oxygens (including phenoxy) is 1. The first-order chi connectivity index (χ1) is 10.2. The zero-order chi connectivity index (χ0) is 16.5. The van der Waals surface area contributed by atoms with Crippen LogP contribution in [-0.2, 0) is 4.74 Å². The molecule has 8 nitrogen and oxygen atoms in total. The molecule has 1 aliphatic rings. The van der Waals surface area contributed by atoms with E-state index >= 15 is 0 Å². The average Bonchev–Trinajstić information content (AvgIpc) is 2.79. The highest BCUT2D eigenvalue weighted by atomic mass is 35.5. The van der Waals surface area contributed by atoms with Crippen molar-refractivity contribution < 1.29 is 14.5 Å². The molecule has 0 radical (unpaired) electrons. The van der Waals surface area contributed by atoms with E-state index in [9.17, 15) is 14.9 Å². The van der Waals surface area contributed by atoms with Crippen LogP contribution in [0.15, 0.2) is 6.20 Å². The van der Waals surface area contributed by atoms with Gasteiger partial charge >= 0.3 is 11.8 Å². The second-order valence-corrected chi connectivity index (χ2v) is 6.60. The number of carbonyl (C=O) groups excluding carboxylic acids is 1. The third-order valence-electron chi connectivity index (χ3n) is 3.31. The van der Waals surface area contributed by atoms with Crippen molar-refractivity contribution in [2.45, 2.75) is 45.3 Å². The topological polar surface area (TPSA) is 90.5 Å². The van der Waals surface area contributed by atoms with Gasteiger partial charge in [0.1, 0.15) is 11.8 Å². The molecular weight excluding hydrogens is 344 g/mol. The number of likely N-dealkylation sites (tertiary alicyclic amines) is 1. The Morgan fingerprint density at radius 2 is 2.17 bits per heavy atom. The molecule has 1 amide bonds. The summed E-state index contributed by atoms with van der Waals surface area (Å²) in [6, 6.07) is -0.192. The molecule has 0 aromatic carbocycles. The predicted molar refractivity (Wildman–Crippen MR) is 90.4 cm³/mol. The van der Waals surface area contributed by atoms with Crippen molar-refractivity contribution in [3.8, 4) is 0 Å². The smallest absolute Gasteiger partial charge is 0.410 e. The number of amides is 1. The molecule has 1 aliphatic heterocycles. The van der Waals surface area contributed by atoms with E-state index in [1.165, 1.54) is 4.68 Å². The van der Waals surface area contributed by atoms with E-state index in [1.807, 2.05) is 0 Å². The van der Waals surface area contributed by atoms with Crippen molar-refractivity contribution in [2.24, 2.45) is 0 Å². The number of nitro groups is 1. The van der Waals surface area contributed by atoms with Crippen LogP contribution in [0.5, 0.6) is 0 Å². The Morgan fingerprint density at radius 1 is 1.52 bits per heavy atom. The molecule has 130 valence electrons. The quantitative estimate of drug-likeness (QED) is 0.594. The van der Waals surface area contributed by atoms with Crippen molar-refractivity contribution in [3.05, 3.63) is 21.5 Å². The lowest BCUT2D eigenvalue weighted by molar-refractivity contribution is -0.384. The van der Waals surface area contributed by atoms with Crippen LogP contribution in [0.2, 0.25) is 5.15 Å². The van der Waals surface area contributed by atoms with Gasteiger partial charge < -0.3 is 9.64 Å². The number of carbonyl (C=O) groups is 1. The summed E-state index contributed by atoms with van der Waals surface area (Å²) in [5.41, 5.74) is -0.789. The van der Waals surface area contributed by atoms with Crippen molar-refractivity contribution >= 4 is 36.9 Å². The average molecular weight is 365 g/mol. The number of halogens is 1.